The zero-order chi connectivity index (χ0) is 10.7. The first kappa shape index (κ1) is 11.4. The van der Waals surface area contributed by atoms with Crippen molar-refractivity contribution in [3.05, 3.63) is 0 Å². The summed E-state index contributed by atoms with van der Waals surface area (Å²) >= 11 is 0. The molecule has 88 valence electrons. The maximum atomic E-state index is 5.95. The van der Waals surface area contributed by atoms with Crippen LogP contribution in [0.5, 0.6) is 0 Å². The highest BCUT2D eigenvalue weighted by atomic mass is 16.5. The number of likely N-dealkylation sites (tertiary alicyclic amines) is 1. The Morgan fingerprint density at radius 2 is 2.13 bits per heavy atom. The Labute approximate surface area is 93.0 Å². The lowest BCUT2D eigenvalue weighted by Crippen LogP contribution is -2.41. The Hall–Kier alpha value is -0.120. The molecule has 2 saturated heterocycles. The molecule has 2 N–H and O–H groups in total. The lowest BCUT2D eigenvalue weighted by molar-refractivity contribution is -0.00359. The smallest absolute Gasteiger partial charge is 0.0471 e. The minimum atomic E-state index is 0.416. The highest BCUT2D eigenvalue weighted by Crippen LogP contribution is 2.35. The zero-order valence-electron chi connectivity index (χ0n) is 9.87. The first-order valence-electron chi connectivity index (χ1n) is 6.30. The van der Waals surface area contributed by atoms with Gasteiger partial charge in [0, 0.05) is 32.3 Å². The van der Waals surface area contributed by atoms with Gasteiger partial charge in [0.1, 0.15) is 0 Å². The van der Waals surface area contributed by atoms with Crippen LogP contribution in [0.1, 0.15) is 32.6 Å². The van der Waals surface area contributed by atoms with Crippen molar-refractivity contribution in [2.45, 2.75) is 38.6 Å². The van der Waals surface area contributed by atoms with Crippen molar-refractivity contribution in [2.75, 3.05) is 32.8 Å². The summed E-state index contributed by atoms with van der Waals surface area (Å²) in [6, 6.07) is 0.416. The molecule has 0 amide bonds. The maximum Gasteiger partial charge on any atom is 0.0471 e. The van der Waals surface area contributed by atoms with Gasteiger partial charge in [-0.2, -0.15) is 0 Å². The van der Waals surface area contributed by atoms with E-state index < -0.39 is 0 Å². The van der Waals surface area contributed by atoms with Crippen molar-refractivity contribution in [3.8, 4) is 0 Å². The summed E-state index contributed by atoms with van der Waals surface area (Å²) < 4.78 is 5.47. The van der Waals surface area contributed by atoms with Gasteiger partial charge in [0.2, 0.25) is 0 Å². The summed E-state index contributed by atoms with van der Waals surface area (Å²) in [5.74, 6) is 0. The maximum absolute atomic E-state index is 5.95. The van der Waals surface area contributed by atoms with E-state index in [1.165, 1.54) is 38.8 Å². The number of hydrogen-bond acceptors (Lipinski definition) is 3. The van der Waals surface area contributed by atoms with Crippen molar-refractivity contribution in [3.63, 3.8) is 0 Å². The van der Waals surface area contributed by atoms with Gasteiger partial charge in [0.05, 0.1) is 0 Å². The van der Waals surface area contributed by atoms with Gasteiger partial charge in [-0.25, -0.2) is 0 Å². The highest BCUT2D eigenvalue weighted by molar-refractivity contribution is 4.87. The Kier molecular flexibility index (Phi) is 3.65. The van der Waals surface area contributed by atoms with E-state index in [0.717, 1.165) is 19.8 Å². The molecule has 0 saturated carbocycles. The predicted octanol–water partition coefficient (Wildman–Crippen LogP) is 1.23. The number of nitrogens with two attached hydrogens (primary N) is 1. The van der Waals surface area contributed by atoms with Crippen LogP contribution < -0.4 is 5.73 Å². The molecule has 0 unspecified atom stereocenters. The molecule has 3 nitrogen and oxygen atoms in total. The van der Waals surface area contributed by atoms with Crippen LogP contribution in [-0.4, -0.2) is 43.8 Å². The van der Waals surface area contributed by atoms with Crippen LogP contribution in [0.3, 0.4) is 0 Å². The molecular weight excluding hydrogens is 188 g/mol. The number of nitrogens with zero attached hydrogens (tertiary/aromatic N) is 1. The summed E-state index contributed by atoms with van der Waals surface area (Å²) in [7, 11) is 0. The monoisotopic (exact) mass is 212 g/mol. The van der Waals surface area contributed by atoms with E-state index in [9.17, 15) is 0 Å². The summed E-state index contributed by atoms with van der Waals surface area (Å²) in [6.45, 7) is 7.76. The van der Waals surface area contributed by atoms with Crippen LogP contribution >= 0.6 is 0 Å². The molecule has 2 heterocycles. The summed E-state index contributed by atoms with van der Waals surface area (Å²) in [6.07, 6.45) is 4.92. The Morgan fingerprint density at radius 1 is 1.40 bits per heavy atom. The average Bonchev–Trinajstić information content (AvgIpc) is 2.65. The molecule has 0 aromatic carbocycles. The van der Waals surface area contributed by atoms with Gasteiger partial charge in [0.25, 0.3) is 0 Å². The summed E-state index contributed by atoms with van der Waals surface area (Å²) in [5, 5.41) is 0. The van der Waals surface area contributed by atoms with E-state index in [2.05, 4.69) is 11.8 Å². The van der Waals surface area contributed by atoms with Gasteiger partial charge in [-0.1, -0.05) is 6.92 Å². The second-order valence-electron chi connectivity index (χ2n) is 5.25. The minimum absolute atomic E-state index is 0.416. The topological polar surface area (TPSA) is 38.5 Å². The van der Waals surface area contributed by atoms with Gasteiger partial charge < -0.3 is 15.4 Å². The quantitative estimate of drug-likeness (QED) is 0.764. The van der Waals surface area contributed by atoms with Crippen LogP contribution in [0.25, 0.3) is 0 Å². The first-order valence-corrected chi connectivity index (χ1v) is 6.30. The normalized spacial score (nSPS) is 32.0. The molecule has 0 bridgehead atoms. The molecular formula is C12H24N2O. The lowest BCUT2D eigenvalue weighted by atomic mass is 9.77. The summed E-state index contributed by atoms with van der Waals surface area (Å²) in [4.78, 5) is 2.56. The van der Waals surface area contributed by atoms with E-state index in [1.807, 2.05) is 0 Å². The largest absolute Gasteiger partial charge is 0.381 e. The number of ether oxygens (including phenoxy) is 1. The minimum Gasteiger partial charge on any atom is -0.381 e. The highest BCUT2D eigenvalue weighted by Gasteiger charge is 2.34. The first-order chi connectivity index (χ1) is 7.24. The number of hydrogen-bond donors (Lipinski definition) is 1. The molecule has 1 atom stereocenters. The molecule has 2 aliphatic rings. The fourth-order valence-corrected chi connectivity index (χ4v) is 2.91. The van der Waals surface area contributed by atoms with Gasteiger partial charge in [-0.05, 0) is 37.6 Å². The molecule has 0 aliphatic carbocycles. The predicted molar refractivity (Wildman–Crippen MR) is 61.8 cm³/mol. The zero-order valence-corrected chi connectivity index (χ0v) is 9.87. The second kappa shape index (κ2) is 4.81. The Balaban J connectivity index is 1.89. The standard InChI is InChI=1S/C12H24N2O/c1-2-12(4-7-15-8-5-12)10-14-6-3-11(13)9-14/h11H,2-10,13H2,1H3/t11-/m1/s1. The van der Waals surface area contributed by atoms with Crippen LogP contribution in [0, 0.1) is 5.41 Å². The van der Waals surface area contributed by atoms with Gasteiger partial charge in [-0.3, -0.25) is 0 Å². The second-order valence-corrected chi connectivity index (χ2v) is 5.25. The fourth-order valence-electron chi connectivity index (χ4n) is 2.91. The van der Waals surface area contributed by atoms with E-state index >= 15 is 0 Å². The summed E-state index contributed by atoms with van der Waals surface area (Å²) in [5.41, 5.74) is 6.46. The average molecular weight is 212 g/mol. The molecule has 2 aliphatic heterocycles. The van der Waals surface area contributed by atoms with E-state index in [0.29, 0.717) is 11.5 Å². The van der Waals surface area contributed by atoms with Crippen molar-refractivity contribution in [2.24, 2.45) is 11.1 Å². The van der Waals surface area contributed by atoms with Gasteiger partial charge in [-0.15, -0.1) is 0 Å². The lowest BCUT2D eigenvalue weighted by Gasteiger charge is -2.39. The van der Waals surface area contributed by atoms with E-state index in [1.54, 1.807) is 0 Å². The molecule has 0 aromatic heterocycles. The number of rotatable bonds is 3. The third kappa shape index (κ3) is 2.71. The van der Waals surface area contributed by atoms with Crippen molar-refractivity contribution >= 4 is 0 Å². The van der Waals surface area contributed by atoms with Crippen LogP contribution in [0.4, 0.5) is 0 Å². The van der Waals surface area contributed by atoms with Crippen LogP contribution in [-0.2, 0) is 4.74 Å². The van der Waals surface area contributed by atoms with Crippen molar-refractivity contribution in [1.29, 1.82) is 0 Å². The Morgan fingerprint density at radius 3 is 2.67 bits per heavy atom. The Bertz CT molecular complexity index is 202. The molecule has 15 heavy (non-hydrogen) atoms. The third-order valence-corrected chi connectivity index (χ3v) is 4.17. The molecule has 2 fully saturated rings. The van der Waals surface area contributed by atoms with Crippen LogP contribution in [0.2, 0.25) is 0 Å². The molecule has 0 aromatic rings. The molecule has 3 heteroatoms. The van der Waals surface area contributed by atoms with E-state index in [-0.39, 0.29) is 0 Å². The van der Waals surface area contributed by atoms with E-state index in [4.69, 9.17) is 10.5 Å². The molecule has 0 radical (unpaired) electrons. The van der Waals surface area contributed by atoms with Gasteiger partial charge in [0.15, 0.2) is 0 Å². The van der Waals surface area contributed by atoms with Gasteiger partial charge >= 0.3 is 0 Å². The van der Waals surface area contributed by atoms with Crippen molar-refractivity contribution in [1.82, 2.24) is 4.90 Å². The van der Waals surface area contributed by atoms with Crippen molar-refractivity contribution < 1.29 is 4.74 Å². The molecule has 2 rings (SSSR count). The SMILES string of the molecule is CCC1(CN2CC[C@@H](N)C2)CCOCC1. The van der Waals surface area contributed by atoms with Crippen LogP contribution in [0.15, 0.2) is 0 Å². The molecule has 0 spiro atoms. The third-order valence-electron chi connectivity index (χ3n) is 4.17. The fraction of sp³-hybridized carbons (Fsp3) is 1.00.